The molecule has 9 heteroatoms. The first-order valence-corrected chi connectivity index (χ1v) is 9.05. The zero-order valence-electron chi connectivity index (χ0n) is 15.4. The largest absolute Gasteiger partial charge is 0.321 e. The Morgan fingerprint density at radius 2 is 1.93 bits per heavy atom. The molecule has 0 bridgehead atoms. The molecule has 27 heavy (non-hydrogen) atoms. The minimum Gasteiger partial charge on any atom is -0.321 e. The van der Waals surface area contributed by atoms with Gasteiger partial charge in [0, 0.05) is 11.3 Å². The molecule has 9 nitrogen and oxygen atoms in total. The van der Waals surface area contributed by atoms with Crippen LogP contribution in [0.3, 0.4) is 0 Å². The molecule has 140 valence electrons. The van der Waals surface area contributed by atoms with Gasteiger partial charge in [-0.1, -0.05) is 5.21 Å². The number of hydrogen-bond donors (Lipinski definition) is 3. The van der Waals surface area contributed by atoms with Gasteiger partial charge < -0.3 is 10.6 Å². The Morgan fingerprint density at radius 3 is 2.59 bits per heavy atom. The van der Waals surface area contributed by atoms with Gasteiger partial charge in [0.05, 0.1) is 11.7 Å². The van der Waals surface area contributed by atoms with Crippen molar-refractivity contribution in [2.24, 2.45) is 0 Å². The summed E-state index contributed by atoms with van der Waals surface area (Å²) in [6.07, 6.45) is 1.99. The van der Waals surface area contributed by atoms with Gasteiger partial charge in [0.1, 0.15) is 5.82 Å². The van der Waals surface area contributed by atoms with Crippen LogP contribution in [0, 0.1) is 13.8 Å². The lowest BCUT2D eigenvalue weighted by Gasteiger charge is -2.23. The lowest BCUT2D eigenvalue weighted by molar-refractivity contribution is 0.102. The molecule has 1 amide bonds. The zero-order valence-corrected chi connectivity index (χ0v) is 15.4. The first-order chi connectivity index (χ1) is 13.1. The summed E-state index contributed by atoms with van der Waals surface area (Å²) < 4.78 is 1.88. The molecule has 0 aliphatic carbocycles. The molecular weight excluding hydrogens is 344 g/mol. The molecule has 1 saturated heterocycles. The summed E-state index contributed by atoms with van der Waals surface area (Å²) >= 11 is 0. The predicted octanol–water partition coefficient (Wildman–Crippen LogP) is 1.86. The van der Waals surface area contributed by atoms with Crippen molar-refractivity contribution in [2.45, 2.75) is 32.7 Å². The molecule has 1 aromatic carbocycles. The van der Waals surface area contributed by atoms with Gasteiger partial charge in [-0.25, -0.2) is 9.67 Å². The van der Waals surface area contributed by atoms with E-state index in [-0.39, 0.29) is 5.91 Å². The Bertz CT molecular complexity index is 937. The maximum absolute atomic E-state index is 12.6. The average molecular weight is 366 g/mol. The molecule has 0 unspecified atom stereocenters. The fourth-order valence-electron chi connectivity index (χ4n) is 3.31. The Morgan fingerprint density at radius 1 is 1.19 bits per heavy atom. The molecule has 0 atom stereocenters. The predicted molar refractivity (Wildman–Crippen MR) is 100 cm³/mol. The summed E-state index contributed by atoms with van der Waals surface area (Å²) in [5.74, 6) is 1.13. The lowest BCUT2D eigenvalue weighted by Crippen LogP contribution is -2.30. The molecular formula is C18H22N8O. The molecule has 3 heterocycles. The maximum atomic E-state index is 12.6. The summed E-state index contributed by atoms with van der Waals surface area (Å²) in [6, 6.07) is 7.69. The quantitative estimate of drug-likeness (QED) is 0.649. The number of carbonyl (C=O) groups excluding carboxylic acids is 1. The number of amides is 1. The van der Waals surface area contributed by atoms with Gasteiger partial charge in [0.25, 0.3) is 5.91 Å². The van der Waals surface area contributed by atoms with Crippen LogP contribution < -0.4 is 10.6 Å². The third-order valence-corrected chi connectivity index (χ3v) is 4.80. The number of aryl methyl sites for hydroxylation is 1. The van der Waals surface area contributed by atoms with E-state index in [0.717, 1.165) is 43.0 Å². The van der Waals surface area contributed by atoms with Crippen LogP contribution >= 0.6 is 0 Å². The van der Waals surface area contributed by atoms with Crippen LogP contribution in [0.4, 0.5) is 5.69 Å². The van der Waals surface area contributed by atoms with Gasteiger partial charge in [0.2, 0.25) is 0 Å². The van der Waals surface area contributed by atoms with E-state index in [1.54, 1.807) is 0 Å². The minimum absolute atomic E-state index is 0.255. The van der Waals surface area contributed by atoms with E-state index in [9.17, 15) is 4.79 Å². The molecule has 4 rings (SSSR count). The number of nitrogens with one attached hydrogen (secondary N) is 3. The number of H-pyrrole nitrogens is 1. The topological polar surface area (TPSA) is 113 Å². The number of piperidine rings is 1. The first kappa shape index (κ1) is 17.3. The van der Waals surface area contributed by atoms with Gasteiger partial charge in [-0.2, -0.15) is 5.10 Å². The number of benzene rings is 1. The lowest BCUT2D eigenvalue weighted by atomic mass is 10.1. The first-order valence-electron chi connectivity index (χ1n) is 9.05. The van der Waals surface area contributed by atoms with Crippen molar-refractivity contribution in [1.29, 1.82) is 0 Å². The molecule has 3 aromatic rings. The summed E-state index contributed by atoms with van der Waals surface area (Å²) in [7, 11) is 0. The summed E-state index contributed by atoms with van der Waals surface area (Å²) in [6.45, 7) is 5.67. The monoisotopic (exact) mass is 366 g/mol. The van der Waals surface area contributed by atoms with Crippen LogP contribution in [-0.4, -0.2) is 49.2 Å². The van der Waals surface area contributed by atoms with Crippen LogP contribution in [0.25, 0.3) is 11.4 Å². The molecule has 0 spiro atoms. The highest BCUT2D eigenvalue weighted by molar-refractivity contribution is 6.03. The number of nitrogens with zero attached hydrogens (tertiary/aromatic N) is 5. The maximum Gasteiger partial charge on any atom is 0.278 e. The van der Waals surface area contributed by atoms with Gasteiger partial charge in [-0.3, -0.25) is 9.89 Å². The Balaban J connectivity index is 1.47. The molecule has 2 aromatic heterocycles. The van der Waals surface area contributed by atoms with Crippen molar-refractivity contribution in [3.63, 3.8) is 0 Å². The Hall–Kier alpha value is -3.07. The third-order valence-electron chi connectivity index (χ3n) is 4.80. The van der Waals surface area contributed by atoms with Gasteiger partial charge >= 0.3 is 0 Å². The molecule has 3 N–H and O–H groups in total. The normalized spacial score (nSPS) is 15.0. The summed E-state index contributed by atoms with van der Waals surface area (Å²) in [5, 5.41) is 21.5. The standard InChI is InChI=1S/C18H22N8O/c1-11-16(23-25-26(11)15-7-9-19-10-8-15)18(27)21-14-5-3-13(4-6-14)17-20-12(2)22-24-17/h3-6,15,19H,7-10H2,1-2H3,(H,21,27)(H,20,22,24). The van der Waals surface area contributed by atoms with Crippen LogP contribution in [0.2, 0.25) is 0 Å². The summed E-state index contributed by atoms with van der Waals surface area (Å²) in [5.41, 5.74) is 2.73. The zero-order chi connectivity index (χ0) is 18.8. The highest BCUT2D eigenvalue weighted by Crippen LogP contribution is 2.22. The number of aromatic nitrogens is 6. The average Bonchev–Trinajstić information content (AvgIpc) is 3.29. The fraction of sp³-hybridized carbons (Fsp3) is 0.389. The molecule has 0 radical (unpaired) electrons. The van der Waals surface area contributed by atoms with Gasteiger partial charge in [-0.05, 0) is 64.0 Å². The number of carbonyl (C=O) groups is 1. The number of anilines is 1. The molecule has 1 aliphatic heterocycles. The highest BCUT2D eigenvalue weighted by Gasteiger charge is 2.23. The van der Waals surface area contributed by atoms with Crippen molar-refractivity contribution in [3.05, 3.63) is 41.5 Å². The van der Waals surface area contributed by atoms with E-state index in [1.165, 1.54) is 0 Å². The van der Waals surface area contributed by atoms with Crippen molar-refractivity contribution in [3.8, 4) is 11.4 Å². The second kappa shape index (κ2) is 7.28. The summed E-state index contributed by atoms with van der Waals surface area (Å²) in [4.78, 5) is 16.9. The number of rotatable bonds is 4. The second-order valence-electron chi connectivity index (χ2n) is 6.73. The van der Waals surface area contributed by atoms with E-state index in [2.05, 4.69) is 36.1 Å². The van der Waals surface area contributed by atoms with E-state index in [4.69, 9.17) is 0 Å². The van der Waals surface area contributed by atoms with Crippen molar-refractivity contribution >= 4 is 11.6 Å². The van der Waals surface area contributed by atoms with Crippen LogP contribution in [0.15, 0.2) is 24.3 Å². The van der Waals surface area contributed by atoms with Gasteiger partial charge in [-0.15, -0.1) is 5.10 Å². The van der Waals surface area contributed by atoms with Crippen molar-refractivity contribution < 1.29 is 4.79 Å². The molecule has 1 aliphatic rings. The molecule has 0 saturated carbocycles. The van der Waals surface area contributed by atoms with Crippen LogP contribution in [0.1, 0.15) is 40.9 Å². The van der Waals surface area contributed by atoms with Crippen LogP contribution in [0.5, 0.6) is 0 Å². The van der Waals surface area contributed by atoms with Crippen molar-refractivity contribution in [2.75, 3.05) is 18.4 Å². The second-order valence-corrected chi connectivity index (χ2v) is 6.73. The third kappa shape index (κ3) is 3.59. The Kier molecular flexibility index (Phi) is 4.68. The molecule has 1 fully saturated rings. The number of hydrogen-bond acceptors (Lipinski definition) is 6. The fourth-order valence-corrected chi connectivity index (χ4v) is 3.31. The van der Waals surface area contributed by atoms with Crippen LogP contribution in [-0.2, 0) is 0 Å². The van der Waals surface area contributed by atoms with E-state index >= 15 is 0 Å². The van der Waals surface area contributed by atoms with Crippen molar-refractivity contribution in [1.82, 2.24) is 35.5 Å². The minimum atomic E-state index is -0.255. The van der Waals surface area contributed by atoms with E-state index in [1.807, 2.05) is 42.8 Å². The van der Waals surface area contributed by atoms with Gasteiger partial charge in [0.15, 0.2) is 11.5 Å². The SMILES string of the molecule is Cc1nc(-c2ccc(NC(=O)c3nnn(C4CCNCC4)c3C)cc2)n[nH]1. The highest BCUT2D eigenvalue weighted by atomic mass is 16.2. The van der Waals surface area contributed by atoms with E-state index in [0.29, 0.717) is 23.2 Å². The number of aromatic amines is 1. The smallest absolute Gasteiger partial charge is 0.278 e. The van der Waals surface area contributed by atoms with E-state index < -0.39 is 0 Å². The Labute approximate surface area is 156 Å².